The molecule has 1 aliphatic heterocycles. The van der Waals surface area contributed by atoms with Crippen molar-refractivity contribution in [3.8, 4) is 0 Å². The van der Waals surface area contributed by atoms with Crippen molar-refractivity contribution in [2.24, 2.45) is 0 Å². The number of amides is 1. The number of carbonyl (C=O) groups is 1. The second-order valence-corrected chi connectivity index (χ2v) is 9.22. The number of rotatable bonds is 8. The van der Waals surface area contributed by atoms with Gasteiger partial charge in [0, 0.05) is 52.5 Å². The first-order valence-electron chi connectivity index (χ1n) is 11.5. The minimum Gasteiger partial charge on any atom is -0.378 e. The second kappa shape index (κ2) is 10.1. The molecule has 0 spiro atoms. The Hall–Kier alpha value is -3.31. The predicted octanol–water partition coefficient (Wildman–Crippen LogP) is 3.93. The third-order valence-corrected chi connectivity index (χ3v) is 6.32. The fraction of sp³-hybridized carbons (Fsp3) is 0.321. The molecule has 0 radical (unpaired) electrons. The van der Waals surface area contributed by atoms with Gasteiger partial charge in [0.25, 0.3) is 0 Å². The van der Waals surface area contributed by atoms with Crippen LogP contribution in [0.15, 0.2) is 78.9 Å². The van der Waals surface area contributed by atoms with Crippen molar-refractivity contribution < 1.29 is 4.79 Å². The van der Waals surface area contributed by atoms with Crippen molar-refractivity contribution in [3.05, 3.63) is 95.6 Å². The fourth-order valence-electron chi connectivity index (χ4n) is 4.35. The molecule has 5 heteroatoms. The standard InChI is InChI=1S/C28H34N4O/c1-30(2)24-14-10-21(11-15-24)18-26-28(33)32(20-23-8-6-5-7-9-23)27(29-26)19-22-12-16-25(17-13-22)31(3)4/h5-17,26-27,29H,18-20H2,1-4H3/t26-,27+/m0/s1. The lowest BCUT2D eigenvalue weighted by atomic mass is 10.1. The third kappa shape index (κ3) is 5.55. The quantitative estimate of drug-likeness (QED) is 0.574. The van der Waals surface area contributed by atoms with Crippen molar-refractivity contribution in [2.45, 2.75) is 31.6 Å². The zero-order valence-corrected chi connectivity index (χ0v) is 20.0. The van der Waals surface area contributed by atoms with Gasteiger partial charge in [0.2, 0.25) is 5.91 Å². The summed E-state index contributed by atoms with van der Waals surface area (Å²) >= 11 is 0. The van der Waals surface area contributed by atoms with E-state index in [2.05, 4.69) is 75.8 Å². The van der Waals surface area contributed by atoms with E-state index in [9.17, 15) is 4.79 Å². The summed E-state index contributed by atoms with van der Waals surface area (Å²) in [6.07, 6.45) is 1.44. The van der Waals surface area contributed by atoms with Crippen LogP contribution in [0.4, 0.5) is 11.4 Å². The minimum absolute atomic E-state index is 0.0334. The maximum absolute atomic E-state index is 13.5. The highest BCUT2D eigenvalue weighted by Gasteiger charge is 2.38. The number of nitrogens with zero attached hydrogens (tertiary/aromatic N) is 3. The van der Waals surface area contributed by atoms with Crippen molar-refractivity contribution >= 4 is 17.3 Å². The molecule has 33 heavy (non-hydrogen) atoms. The van der Waals surface area contributed by atoms with Gasteiger partial charge < -0.3 is 14.7 Å². The van der Waals surface area contributed by atoms with E-state index < -0.39 is 0 Å². The van der Waals surface area contributed by atoms with Gasteiger partial charge in [0.1, 0.15) is 0 Å². The number of benzene rings is 3. The van der Waals surface area contributed by atoms with E-state index in [1.165, 1.54) is 16.8 Å². The molecule has 0 bridgehead atoms. The molecule has 1 amide bonds. The van der Waals surface area contributed by atoms with Crippen LogP contribution in [0.25, 0.3) is 0 Å². The molecule has 0 unspecified atom stereocenters. The lowest BCUT2D eigenvalue weighted by Gasteiger charge is -2.25. The van der Waals surface area contributed by atoms with E-state index in [0.717, 1.165) is 17.7 Å². The SMILES string of the molecule is CN(C)c1ccc(C[C@@H]2N[C@@H](Cc3ccc(N(C)C)cc3)N(Cc3ccccc3)C2=O)cc1. The minimum atomic E-state index is -0.218. The van der Waals surface area contributed by atoms with Gasteiger partial charge in [0.05, 0.1) is 12.2 Å². The van der Waals surface area contributed by atoms with Crippen molar-refractivity contribution in [3.63, 3.8) is 0 Å². The number of carbonyl (C=O) groups excluding carboxylic acids is 1. The summed E-state index contributed by atoms with van der Waals surface area (Å²) in [4.78, 5) is 19.7. The number of anilines is 2. The maximum atomic E-state index is 13.5. The van der Waals surface area contributed by atoms with Crippen molar-refractivity contribution in [2.75, 3.05) is 38.0 Å². The van der Waals surface area contributed by atoms with Crippen LogP contribution in [0.5, 0.6) is 0 Å². The van der Waals surface area contributed by atoms with Gasteiger partial charge in [-0.2, -0.15) is 0 Å². The monoisotopic (exact) mass is 442 g/mol. The van der Waals surface area contributed by atoms with Crippen LogP contribution >= 0.6 is 0 Å². The van der Waals surface area contributed by atoms with E-state index in [0.29, 0.717) is 13.0 Å². The molecular formula is C28H34N4O. The topological polar surface area (TPSA) is 38.8 Å². The first-order valence-corrected chi connectivity index (χ1v) is 11.5. The summed E-state index contributed by atoms with van der Waals surface area (Å²) < 4.78 is 0. The van der Waals surface area contributed by atoms with Crippen LogP contribution in [0.1, 0.15) is 16.7 Å². The van der Waals surface area contributed by atoms with E-state index >= 15 is 0 Å². The van der Waals surface area contributed by atoms with E-state index in [4.69, 9.17) is 0 Å². The molecule has 0 aromatic heterocycles. The number of hydrogen-bond acceptors (Lipinski definition) is 4. The van der Waals surface area contributed by atoms with E-state index in [-0.39, 0.29) is 18.1 Å². The zero-order chi connectivity index (χ0) is 23.4. The van der Waals surface area contributed by atoms with Gasteiger partial charge in [-0.15, -0.1) is 0 Å². The second-order valence-electron chi connectivity index (χ2n) is 9.22. The van der Waals surface area contributed by atoms with Gasteiger partial charge in [-0.1, -0.05) is 54.6 Å². The molecule has 3 aromatic rings. The molecule has 3 aromatic carbocycles. The fourth-order valence-corrected chi connectivity index (χ4v) is 4.35. The summed E-state index contributed by atoms with van der Waals surface area (Å²) in [7, 11) is 8.16. The Morgan fingerprint density at radius 3 is 1.73 bits per heavy atom. The molecule has 0 aliphatic carbocycles. The van der Waals surface area contributed by atoms with Gasteiger partial charge in [-0.05, 0) is 47.4 Å². The summed E-state index contributed by atoms with van der Waals surface area (Å²) in [5, 5.41) is 3.64. The number of hydrogen-bond donors (Lipinski definition) is 1. The Morgan fingerprint density at radius 1 is 0.697 bits per heavy atom. The molecule has 1 saturated heterocycles. The van der Waals surface area contributed by atoms with Crippen molar-refractivity contribution in [1.82, 2.24) is 10.2 Å². The lowest BCUT2D eigenvalue weighted by Crippen LogP contribution is -2.38. The molecule has 0 saturated carbocycles. The molecule has 1 aliphatic rings. The summed E-state index contributed by atoms with van der Waals surface area (Å²) in [6.45, 7) is 0.614. The van der Waals surface area contributed by atoms with Crippen LogP contribution in [-0.4, -0.2) is 51.2 Å². The third-order valence-electron chi connectivity index (χ3n) is 6.32. The first-order chi connectivity index (χ1) is 15.9. The van der Waals surface area contributed by atoms with Crippen LogP contribution < -0.4 is 15.1 Å². The Labute approximate surface area is 197 Å². The molecule has 1 N–H and O–H groups in total. The Morgan fingerprint density at radius 2 is 1.21 bits per heavy atom. The van der Waals surface area contributed by atoms with Crippen LogP contribution in [-0.2, 0) is 24.2 Å². The smallest absolute Gasteiger partial charge is 0.241 e. The highest BCUT2D eigenvalue weighted by molar-refractivity contribution is 5.84. The maximum Gasteiger partial charge on any atom is 0.241 e. The van der Waals surface area contributed by atoms with Crippen LogP contribution in [0.2, 0.25) is 0 Å². The van der Waals surface area contributed by atoms with Gasteiger partial charge in [-0.25, -0.2) is 0 Å². The Balaban J connectivity index is 1.52. The summed E-state index contributed by atoms with van der Waals surface area (Å²) in [6, 6.07) is 27.1. The van der Waals surface area contributed by atoms with E-state index in [1.54, 1.807) is 0 Å². The molecule has 4 rings (SSSR count). The summed E-state index contributed by atoms with van der Waals surface area (Å²) in [5.74, 6) is 0.172. The zero-order valence-electron chi connectivity index (χ0n) is 20.0. The average molecular weight is 443 g/mol. The van der Waals surface area contributed by atoms with Gasteiger partial charge >= 0.3 is 0 Å². The van der Waals surface area contributed by atoms with Gasteiger partial charge in [-0.3, -0.25) is 10.1 Å². The molecule has 172 valence electrons. The van der Waals surface area contributed by atoms with Crippen LogP contribution in [0, 0.1) is 0 Å². The first kappa shape index (κ1) is 22.9. The number of nitrogens with one attached hydrogen (secondary N) is 1. The normalized spacial score (nSPS) is 17.9. The van der Waals surface area contributed by atoms with Crippen molar-refractivity contribution in [1.29, 1.82) is 0 Å². The van der Waals surface area contributed by atoms with Crippen LogP contribution in [0.3, 0.4) is 0 Å². The molecule has 1 heterocycles. The highest BCUT2D eigenvalue weighted by atomic mass is 16.2. The molecule has 5 nitrogen and oxygen atoms in total. The Kier molecular flexibility index (Phi) is 6.99. The van der Waals surface area contributed by atoms with Gasteiger partial charge in [0.15, 0.2) is 0 Å². The predicted molar refractivity (Wildman–Crippen MR) is 137 cm³/mol. The average Bonchev–Trinajstić information content (AvgIpc) is 3.09. The highest BCUT2D eigenvalue weighted by Crippen LogP contribution is 2.23. The molecule has 1 fully saturated rings. The molecule has 2 atom stereocenters. The molecular weight excluding hydrogens is 408 g/mol. The Bertz CT molecular complexity index is 1050. The lowest BCUT2D eigenvalue weighted by molar-refractivity contribution is -0.130. The van der Waals surface area contributed by atoms with E-state index in [1.807, 2.05) is 51.3 Å². The summed E-state index contributed by atoms with van der Waals surface area (Å²) in [5.41, 5.74) is 5.88. The largest absolute Gasteiger partial charge is 0.378 e.